The lowest BCUT2D eigenvalue weighted by atomic mass is 10.2. The summed E-state index contributed by atoms with van der Waals surface area (Å²) in [5.74, 6) is 0. The van der Waals surface area contributed by atoms with Crippen LogP contribution in [0.25, 0.3) is 0 Å². The van der Waals surface area contributed by atoms with Crippen molar-refractivity contribution < 1.29 is 2.74 Å². The van der Waals surface area contributed by atoms with E-state index in [-0.39, 0.29) is 12.8 Å². The molecular weight excluding hydrogens is 84.1 g/mol. The lowest BCUT2D eigenvalue weighted by Crippen LogP contribution is -1.66. The maximum atomic E-state index is 7.43. The zero-order valence-corrected chi connectivity index (χ0v) is 4.69. The standard InChI is InChI=1S/C7H14/c1-2-4-6-7-5-3-1/h1-7H2/i1D,2D. The molecule has 0 heterocycles. The van der Waals surface area contributed by atoms with E-state index in [9.17, 15) is 0 Å². The summed E-state index contributed by atoms with van der Waals surface area (Å²) >= 11 is 0. The van der Waals surface area contributed by atoms with E-state index in [0.717, 1.165) is 12.8 Å². The summed E-state index contributed by atoms with van der Waals surface area (Å²) in [5, 5.41) is 0. The fourth-order valence-electron chi connectivity index (χ4n) is 0.937. The van der Waals surface area contributed by atoms with Crippen LogP contribution in [0.2, 0.25) is 0 Å². The quantitative estimate of drug-likeness (QED) is 0.410. The van der Waals surface area contributed by atoms with Gasteiger partial charge in [0.15, 0.2) is 0 Å². The third kappa shape index (κ3) is 1.96. The van der Waals surface area contributed by atoms with Crippen LogP contribution >= 0.6 is 0 Å². The fourth-order valence-corrected chi connectivity index (χ4v) is 0.937. The zero-order chi connectivity index (χ0) is 6.69. The molecule has 0 radical (unpaired) electrons. The SMILES string of the molecule is [2H]C1CCCCCC1[2H]. The lowest BCUT2D eigenvalue weighted by Gasteiger charge is -1.85. The monoisotopic (exact) mass is 100 g/mol. The largest absolute Gasteiger partial charge is 0.0533 e. The first-order chi connectivity index (χ1) is 4.30. The first kappa shape index (κ1) is 3.11. The number of hydrogen-bond donors (Lipinski definition) is 0. The molecule has 1 fully saturated rings. The molecule has 0 aliphatic heterocycles. The molecule has 0 spiro atoms. The van der Waals surface area contributed by atoms with Crippen LogP contribution in [0.1, 0.15) is 47.6 Å². The highest BCUT2D eigenvalue weighted by molar-refractivity contribution is 4.51. The van der Waals surface area contributed by atoms with E-state index in [1.54, 1.807) is 0 Å². The topological polar surface area (TPSA) is 0 Å². The molecule has 1 saturated carbocycles. The van der Waals surface area contributed by atoms with Crippen molar-refractivity contribution in [3.63, 3.8) is 0 Å². The predicted molar refractivity (Wildman–Crippen MR) is 32.3 cm³/mol. The highest BCUT2D eigenvalue weighted by atomic mass is 14.0. The minimum Gasteiger partial charge on any atom is -0.0533 e. The molecule has 2 unspecified atom stereocenters. The zero-order valence-electron chi connectivity index (χ0n) is 6.69. The summed E-state index contributed by atoms with van der Waals surface area (Å²) in [6.45, 7) is 0. The molecule has 1 aliphatic rings. The van der Waals surface area contributed by atoms with Crippen LogP contribution in [0.5, 0.6) is 0 Å². The molecule has 0 saturated heterocycles. The van der Waals surface area contributed by atoms with Gasteiger partial charge >= 0.3 is 0 Å². The third-order valence-corrected chi connectivity index (χ3v) is 1.41. The van der Waals surface area contributed by atoms with Crippen molar-refractivity contribution in [1.29, 1.82) is 0 Å². The Morgan fingerprint density at radius 2 is 1.14 bits per heavy atom. The van der Waals surface area contributed by atoms with E-state index in [1.807, 2.05) is 0 Å². The van der Waals surface area contributed by atoms with Crippen LogP contribution in [0, 0.1) is 0 Å². The van der Waals surface area contributed by atoms with Crippen LogP contribution in [0.3, 0.4) is 0 Å². The molecule has 0 nitrogen and oxygen atoms in total. The van der Waals surface area contributed by atoms with Gasteiger partial charge in [-0.15, -0.1) is 0 Å². The van der Waals surface area contributed by atoms with Crippen molar-refractivity contribution in [2.24, 2.45) is 0 Å². The van der Waals surface area contributed by atoms with Gasteiger partial charge in [0.25, 0.3) is 0 Å². The molecule has 1 aliphatic carbocycles. The van der Waals surface area contributed by atoms with Gasteiger partial charge in [0.1, 0.15) is 0 Å². The lowest BCUT2D eigenvalue weighted by molar-refractivity contribution is 0.702. The van der Waals surface area contributed by atoms with Gasteiger partial charge in [-0.1, -0.05) is 44.9 Å². The van der Waals surface area contributed by atoms with Crippen LogP contribution in [-0.4, -0.2) is 0 Å². The average Bonchev–Trinajstić information content (AvgIpc) is 1.99. The Hall–Kier alpha value is 0. The highest BCUT2D eigenvalue weighted by Crippen LogP contribution is 2.15. The summed E-state index contributed by atoms with van der Waals surface area (Å²) in [7, 11) is 0. The first-order valence-electron chi connectivity index (χ1n) is 4.30. The van der Waals surface area contributed by atoms with Crippen LogP contribution in [0.4, 0.5) is 0 Å². The fraction of sp³-hybridized carbons (Fsp3) is 1.00. The van der Waals surface area contributed by atoms with Crippen LogP contribution in [-0.2, 0) is 0 Å². The Labute approximate surface area is 48.7 Å². The van der Waals surface area contributed by atoms with E-state index < -0.39 is 0 Å². The molecular formula is C7H14. The van der Waals surface area contributed by atoms with Crippen LogP contribution in [0.15, 0.2) is 0 Å². The third-order valence-electron chi connectivity index (χ3n) is 1.41. The van der Waals surface area contributed by atoms with Gasteiger partial charge in [-0.2, -0.15) is 0 Å². The van der Waals surface area contributed by atoms with E-state index >= 15 is 0 Å². The van der Waals surface area contributed by atoms with Gasteiger partial charge in [-0.25, -0.2) is 0 Å². The second-order valence-corrected chi connectivity index (χ2v) is 2.11. The van der Waals surface area contributed by atoms with Gasteiger partial charge in [0.2, 0.25) is 0 Å². The van der Waals surface area contributed by atoms with Crippen molar-refractivity contribution in [3.8, 4) is 0 Å². The van der Waals surface area contributed by atoms with Crippen molar-refractivity contribution >= 4 is 0 Å². The van der Waals surface area contributed by atoms with Crippen LogP contribution < -0.4 is 0 Å². The Morgan fingerprint density at radius 3 is 1.71 bits per heavy atom. The molecule has 2 atom stereocenters. The van der Waals surface area contributed by atoms with Gasteiger partial charge in [-0.3, -0.25) is 0 Å². The second kappa shape index (κ2) is 3.06. The Kier molecular flexibility index (Phi) is 1.36. The number of rotatable bonds is 0. The molecule has 0 amide bonds. The molecule has 0 aromatic carbocycles. The molecule has 0 aromatic heterocycles. The molecule has 0 heteroatoms. The summed E-state index contributed by atoms with van der Waals surface area (Å²) < 4.78 is 14.9. The van der Waals surface area contributed by atoms with E-state index in [4.69, 9.17) is 2.74 Å². The van der Waals surface area contributed by atoms with Gasteiger partial charge in [0.05, 0.1) is 0 Å². The Morgan fingerprint density at radius 1 is 0.714 bits per heavy atom. The molecule has 0 aromatic rings. The number of hydrogen-bond acceptors (Lipinski definition) is 0. The van der Waals surface area contributed by atoms with Crippen molar-refractivity contribution in [2.75, 3.05) is 0 Å². The van der Waals surface area contributed by atoms with Gasteiger partial charge < -0.3 is 0 Å². The maximum Gasteiger partial charge on any atom is 0.0267 e. The predicted octanol–water partition coefficient (Wildman–Crippen LogP) is 2.73. The molecule has 7 heavy (non-hydrogen) atoms. The minimum absolute atomic E-state index is 0.0903. The van der Waals surface area contributed by atoms with E-state index in [1.165, 1.54) is 19.3 Å². The normalized spacial score (nSPS) is 49.1. The van der Waals surface area contributed by atoms with Gasteiger partial charge in [-0.05, 0) is 0 Å². The summed E-state index contributed by atoms with van der Waals surface area (Å²) in [6, 6.07) is 0. The average molecular weight is 100 g/mol. The van der Waals surface area contributed by atoms with Crippen molar-refractivity contribution in [3.05, 3.63) is 0 Å². The Balaban J connectivity index is 2.32. The smallest absolute Gasteiger partial charge is 0.0267 e. The Bertz CT molecular complexity index is 73.0. The molecule has 1 rings (SSSR count). The molecule has 0 bridgehead atoms. The highest BCUT2D eigenvalue weighted by Gasteiger charge is 1.95. The van der Waals surface area contributed by atoms with Crippen molar-refractivity contribution in [1.82, 2.24) is 0 Å². The molecule has 42 valence electrons. The molecule has 0 N–H and O–H groups in total. The first-order valence-corrected chi connectivity index (χ1v) is 3.15. The van der Waals surface area contributed by atoms with Crippen molar-refractivity contribution in [2.45, 2.75) is 44.9 Å². The summed E-state index contributed by atoms with van der Waals surface area (Å²) in [6.07, 6.45) is 5.31. The van der Waals surface area contributed by atoms with Gasteiger partial charge in [0, 0.05) is 2.74 Å². The summed E-state index contributed by atoms with van der Waals surface area (Å²) in [4.78, 5) is 0. The maximum absolute atomic E-state index is 7.43. The minimum atomic E-state index is -0.0903. The second-order valence-electron chi connectivity index (χ2n) is 2.11. The van der Waals surface area contributed by atoms with E-state index in [0.29, 0.717) is 0 Å². The van der Waals surface area contributed by atoms with E-state index in [2.05, 4.69) is 0 Å². The summed E-state index contributed by atoms with van der Waals surface area (Å²) in [5.41, 5.74) is 0.